The molecule has 1 aromatic rings. The molecule has 7 heteroatoms. The van der Waals surface area contributed by atoms with Crippen LogP contribution in [0.2, 0.25) is 0 Å². The van der Waals surface area contributed by atoms with Gasteiger partial charge < -0.3 is 24.2 Å². The van der Waals surface area contributed by atoms with Crippen molar-refractivity contribution in [2.45, 2.75) is 0 Å². The molecule has 0 aliphatic rings. The molecule has 0 spiro atoms. The number of hydrogen-bond acceptors (Lipinski definition) is 6. The standard InChI is InChI=1S/C7H10BNO5/c1-12-6-3-5(14-8(10)11)4-9-7(6)13-2/h3-4,10-11H,1-2H3. The first-order chi connectivity index (χ1) is 6.67. The first-order valence-electron chi connectivity index (χ1n) is 3.78. The molecular weight excluding hydrogens is 189 g/mol. The Morgan fingerprint density at radius 2 is 2.00 bits per heavy atom. The maximum absolute atomic E-state index is 8.53. The number of rotatable bonds is 4. The molecular formula is C7H10BNO5. The van der Waals surface area contributed by atoms with Crippen molar-refractivity contribution in [1.29, 1.82) is 0 Å². The van der Waals surface area contributed by atoms with Gasteiger partial charge in [-0.25, -0.2) is 4.98 Å². The van der Waals surface area contributed by atoms with Crippen molar-refractivity contribution in [3.05, 3.63) is 12.3 Å². The molecule has 0 fully saturated rings. The van der Waals surface area contributed by atoms with Gasteiger partial charge in [0.1, 0.15) is 5.75 Å². The number of aromatic nitrogens is 1. The molecule has 14 heavy (non-hydrogen) atoms. The van der Waals surface area contributed by atoms with Crippen LogP contribution in [0.4, 0.5) is 0 Å². The van der Waals surface area contributed by atoms with Gasteiger partial charge in [-0.15, -0.1) is 0 Å². The lowest BCUT2D eigenvalue weighted by molar-refractivity contribution is 0.285. The molecule has 2 N–H and O–H groups in total. The monoisotopic (exact) mass is 199 g/mol. The van der Waals surface area contributed by atoms with Crippen LogP contribution in [0, 0.1) is 0 Å². The van der Waals surface area contributed by atoms with E-state index in [9.17, 15) is 0 Å². The lowest BCUT2D eigenvalue weighted by atomic mass is 10.2. The fraction of sp³-hybridized carbons (Fsp3) is 0.286. The molecule has 0 aliphatic carbocycles. The largest absolute Gasteiger partial charge is 0.707 e. The van der Waals surface area contributed by atoms with Crippen LogP contribution in [0.1, 0.15) is 0 Å². The van der Waals surface area contributed by atoms with Crippen molar-refractivity contribution in [2.75, 3.05) is 14.2 Å². The number of pyridine rings is 1. The summed E-state index contributed by atoms with van der Waals surface area (Å²) in [5, 5.41) is 17.1. The topological polar surface area (TPSA) is 81.0 Å². The summed E-state index contributed by atoms with van der Waals surface area (Å²) >= 11 is 0. The molecule has 0 unspecified atom stereocenters. The Kier molecular flexibility index (Phi) is 3.55. The van der Waals surface area contributed by atoms with Gasteiger partial charge >= 0.3 is 7.32 Å². The maximum Gasteiger partial charge on any atom is 0.707 e. The van der Waals surface area contributed by atoms with Gasteiger partial charge in [0.25, 0.3) is 5.88 Å². The fourth-order valence-electron chi connectivity index (χ4n) is 0.900. The Morgan fingerprint density at radius 1 is 1.29 bits per heavy atom. The first kappa shape index (κ1) is 10.6. The third-order valence-corrected chi connectivity index (χ3v) is 1.45. The molecule has 6 nitrogen and oxygen atoms in total. The van der Waals surface area contributed by atoms with Crippen LogP contribution >= 0.6 is 0 Å². The van der Waals surface area contributed by atoms with Crippen molar-refractivity contribution >= 4 is 7.32 Å². The van der Waals surface area contributed by atoms with E-state index in [0.29, 0.717) is 11.6 Å². The van der Waals surface area contributed by atoms with Crippen molar-refractivity contribution < 1.29 is 24.2 Å². The zero-order chi connectivity index (χ0) is 10.6. The van der Waals surface area contributed by atoms with E-state index in [2.05, 4.69) is 9.64 Å². The zero-order valence-electron chi connectivity index (χ0n) is 7.80. The average molecular weight is 199 g/mol. The molecule has 1 aromatic heterocycles. The number of nitrogens with zero attached hydrogens (tertiary/aromatic N) is 1. The fourth-order valence-corrected chi connectivity index (χ4v) is 0.900. The van der Waals surface area contributed by atoms with E-state index in [4.69, 9.17) is 19.5 Å². The summed E-state index contributed by atoms with van der Waals surface area (Å²) in [6.45, 7) is 0. The first-order valence-corrected chi connectivity index (χ1v) is 3.78. The second-order valence-electron chi connectivity index (χ2n) is 2.33. The molecule has 0 radical (unpaired) electrons. The highest BCUT2D eigenvalue weighted by Crippen LogP contribution is 2.27. The zero-order valence-corrected chi connectivity index (χ0v) is 7.80. The highest BCUT2D eigenvalue weighted by molar-refractivity contribution is 6.33. The lowest BCUT2D eigenvalue weighted by Gasteiger charge is -2.08. The third kappa shape index (κ3) is 2.51. The van der Waals surface area contributed by atoms with E-state index in [-0.39, 0.29) is 5.75 Å². The van der Waals surface area contributed by atoms with Crippen LogP contribution in [0.3, 0.4) is 0 Å². The Labute approximate surface area is 81.2 Å². The van der Waals surface area contributed by atoms with Crippen LogP contribution in [0.5, 0.6) is 17.4 Å². The SMILES string of the molecule is COc1cc(OB(O)O)cnc1OC. The lowest BCUT2D eigenvalue weighted by Crippen LogP contribution is -2.20. The van der Waals surface area contributed by atoms with Crippen molar-refractivity contribution in [3.8, 4) is 17.4 Å². The number of hydrogen-bond donors (Lipinski definition) is 2. The van der Waals surface area contributed by atoms with Crippen LogP contribution in [-0.4, -0.2) is 36.6 Å². The molecule has 0 saturated heterocycles. The smallest absolute Gasteiger partial charge is 0.511 e. The molecule has 1 heterocycles. The van der Waals surface area contributed by atoms with E-state index in [1.165, 1.54) is 26.5 Å². The number of methoxy groups -OCH3 is 2. The van der Waals surface area contributed by atoms with Crippen molar-refractivity contribution in [2.24, 2.45) is 0 Å². The summed E-state index contributed by atoms with van der Waals surface area (Å²) in [6, 6.07) is 1.44. The highest BCUT2D eigenvalue weighted by atomic mass is 16.6. The van der Waals surface area contributed by atoms with E-state index >= 15 is 0 Å². The summed E-state index contributed by atoms with van der Waals surface area (Å²) < 4.78 is 14.4. The summed E-state index contributed by atoms with van der Waals surface area (Å²) in [7, 11) is 1.01. The molecule has 0 amide bonds. The van der Waals surface area contributed by atoms with Gasteiger partial charge in [-0.1, -0.05) is 0 Å². The van der Waals surface area contributed by atoms with Gasteiger partial charge in [-0.3, -0.25) is 0 Å². The van der Waals surface area contributed by atoms with Crippen LogP contribution in [0.25, 0.3) is 0 Å². The van der Waals surface area contributed by atoms with E-state index in [0.717, 1.165) is 0 Å². The average Bonchev–Trinajstić information content (AvgIpc) is 2.16. The molecule has 0 aromatic carbocycles. The summed E-state index contributed by atoms with van der Waals surface area (Å²) in [5.74, 6) is 0.829. The van der Waals surface area contributed by atoms with Crippen molar-refractivity contribution in [1.82, 2.24) is 4.98 Å². The molecule has 1 rings (SSSR count). The summed E-state index contributed by atoms with van der Waals surface area (Å²) in [4.78, 5) is 3.83. The minimum absolute atomic E-state index is 0.178. The third-order valence-electron chi connectivity index (χ3n) is 1.45. The van der Waals surface area contributed by atoms with E-state index < -0.39 is 7.32 Å². The van der Waals surface area contributed by atoms with Crippen molar-refractivity contribution in [3.63, 3.8) is 0 Å². The molecule has 0 atom stereocenters. The molecule has 76 valence electrons. The molecule has 0 bridgehead atoms. The predicted molar refractivity (Wildman–Crippen MR) is 48.2 cm³/mol. The Hall–Kier alpha value is -1.47. The molecule has 0 saturated carbocycles. The van der Waals surface area contributed by atoms with Crippen LogP contribution in [-0.2, 0) is 0 Å². The highest BCUT2D eigenvalue weighted by Gasteiger charge is 2.13. The van der Waals surface area contributed by atoms with E-state index in [1.807, 2.05) is 0 Å². The predicted octanol–water partition coefficient (Wildman–Crippen LogP) is -0.553. The summed E-state index contributed by atoms with van der Waals surface area (Å²) in [5.41, 5.74) is 0. The minimum Gasteiger partial charge on any atom is -0.511 e. The minimum atomic E-state index is -1.88. The van der Waals surface area contributed by atoms with Crippen LogP contribution < -0.4 is 14.1 Å². The Balaban J connectivity index is 2.89. The quantitative estimate of drug-likeness (QED) is 0.633. The van der Waals surface area contributed by atoms with Gasteiger partial charge in [0.2, 0.25) is 0 Å². The normalized spacial score (nSPS) is 9.43. The Bertz CT molecular complexity index is 306. The van der Waals surface area contributed by atoms with Gasteiger partial charge in [0.15, 0.2) is 5.75 Å². The van der Waals surface area contributed by atoms with Gasteiger partial charge in [-0.2, -0.15) is 0 Å². The van der Waals surface area contributed by atoms with Gasteiger partial charge in [-0.05, 0) is 0 Å². The van der Waals surface area contributed by atoms with E-state index in [1.54, 1.807) is 0 Å². The maximum atomic E-state index is 8.53. The van der Waals surface area contributed by atoms with Crippen LogP contribution in [0.15, 0.2) is 12.3 Å². The summed E-state index contributed by atoms with van der Waals surface area (Å²) in [6.07, 6.45) is 1.29. The Morgan fingerprint density at radius 3 is 2.50 bits per heavy atom. The number of ether oxygens (including phenoxy) is 2. The second kappa shape index (κ2) is 4.68. The molecule has 0 aliphatic heterocycles. The van der Waals surface area contributed by atoms with Gasteiger partial charge in [0.05, 0.1) is 20.4 Å². The van der Waals surface area contributed by atoms with Gasteiger partial charge in [0, 0.05) is 6.07 Å². The second-order valence-corrected chi connectivity index (χ2v) is 2.33.